The molecule has 1 aromatic carbocycles. The van der Waals surface area contributed by atoms with Crippen molar-refractivity contribution < 1.29 is 8.42 Å². The van der Waals surface area contributed by atoms with Crippen molar-refractivity contribution in [2.45, 2.75) is 26.0 Å². The van der Waals surface area contributed by atoms with Crippen LogP contribution in [-0.2, 0) is 15.8 Å². The van der Waals surface area contributed by atoms with Gasteiger partial charge in [-0.05, 0) is 11.5 Å². The SMILES string of the molecule is CC(C)CN(CCC(=N)N)S(=O)(=O)Cc1ccccc1. The Morgan fingerprint density at radius 1 is 1.30 bits per heavy atom. The lowest BCUT2D eigenvalue weighted by Crippen LogP contribution is -2.37. The first kappa shape index (κ1) is 16.7. The maximum absolute atomic E-state index is 12.5. The minimum atomic E-state index is -3.39. The molecule has 3 N–H and O–H groups in total. The normalized spacial score (nSPS) is 12.0. The Morgan fingerprint density at radius 3 is 2.40 bits per heavy atom. The average molecular weight is 297 g/mol. The van der Waals surface area contributed by atoms with Crippen molar-refractivity contribution in [3.63, 3.8) is 0 Å². The number of amidine groups is 1. The summed E-state index contributed by atoms with van der Waals surface area (Å²) in [7, 11) is -3.39. The van der Waals surface area contributed by atoms with E-state index in [1.165, 1.54) is 4.31 Å². The summed E-state index contributed by atoms with van der Waals surface area (Å²) in [6.45, 7) is 4.66. The number of nitrogens with zero attached hydrogens (tertiary/aromatic N) is 1. The van der Waals surface area contributed by atoms with E-state index in [-0.39, 0.29) is 30.5 Å². The van der Waals surface area contributed by atoms with Crippen molar-refractivity contribution in [3.8, 4) is 0 Å². The highest BCUT2D eigenvalue weighted by Crippen LogP contribution is 2.13. The molecule has 0 bridgehead atoms. The molecular formula is C14H23N3O2S. The van der Waals surface area contributed by atoms with E-state index in [0.29, 0.717) is 6.54 Å². The van der Waals surface area contributed by atoms with Gasteiger partial charge in [-0.15, -0.1) is 0 Å². The lowest BCUT2D eigenvalue weighted by molar-refractivity contribution is 0.373. The van der Waals surface area contributed by atoms with E-state index in [0.717, 1.165) is 5.56 Å². The Balaban J connectivity index is 2.83. The number of hydrogen-bond acceptors (Lipinski definition) is 3. The third-order valence-corrected chi connectivity index (χ3v) is 4.60. The van der Waals surface area contributed by atoms with E-state index < -0.39 is 10.0 Å². The number of nitrogens with one attached hydrogen (secondary N) is 1. The zero-order valence-electron chi connectivity index (χ0n) is 12.0. The number of nitrogens with two attached hydrogens (primary N) is 1. The van der Waals surface area contributed by atoms with E-state index in [4.69, 9.17) is 11.1 Å². The molecule has 0 unspecified atom stereocenters. The molecule has 5 nitrogen and oxygen atoms in total. The topological polar surface area (TPSA) is 87.2 Å². The Hall–Kier alpha value is -1.40. The number of hydrogen-bond donors (Lipinski definition) is 2. The minimum absolute atomic E-state index is 0.00803. The highest BCUT2D eigenvalue weighted by Gasteiger charge is 2.23. The van der Waals surface area contributed by atoms with Crippen molar-refractivity contribution in [3.05, 3.63) is 35.9 Å². The largest absolute Gasteiger partial charge is 0.388 e. The maximum atomic E-state index is 12.5. The van der Waals surface area contributed by atoms with Crippen molar-refractivity contribution in [1.29, 1.82) is 5.41 Å². The Labute approximate surface area is 121 Å². The Bertz CT molecular complexity index is 527. The second-order valence-corrected chi connectivity index (χ2v) is 7.24. The van der Waals surface area contributed by atoms with Gasteiger partial charge < -0.3 is 5.73 Å². The van der Waals surface area contributed by atoms with Gasteiger partial charge in [0, 0.05) is 19.5 Å². The summed E-state index contributed by atoms with van der Waals surface area (Å²) < 4.78 is 26.4. The maximum Gasteiger partial charge on any atom is 0.218 e. The van der Waals surface area contributed by atoms with Crippen molar-refractivity contribution in [2.75, 3.05) is 13.1 Å². The summed E-state index contributed by atoms with van der Waals surface area (Å²) in [6, 6.07) is 9.12. The summed E-state index contributed by atoms with van der Waals surface area (Å²) in [4.78, 5) is 0. The van der Waals surface area contributed by atoms with Crippen LogP contribution in [0.3, 0.4) is 0 Å². The van der Waals surface area contributed by atoms with Crippen LogP contribution in [-0.4, -0.2) is 31.6 Å². The molecule has 0 spiro atoms. The summed E-state index contributed by atoms with van der Waals surface area (Å²) in [5.74, 6) is 0.222. The predicted molar refractivity (Wildman–Crippen MR) is 82.0 cm³/mol. The lowest BCUT2D eigenvalue weighted by atomic mass is 10.2. The van der Waals surface area contributed by atoms with Crippen LogP contribution >= 0.6 is 0 Å². The van der Waals surface area contributed by atoms with Gasteiger partial charge in [0.2, 0.25) is 10.0 Å². The molecule has 112 valence electrons. The predicted octanol–water partition coefficient (Wildman–Crippen LogP) is 1.80. The quantitative estimate of drug-likeness (QED) is 0.566. The van der Waals surface area contributed by atoms with E-state index in [2.05, 4.69) is 0 Å². The van der Waals surface area contributed by atoms with Gasteiger partial charge in [0.05, 0.1) is 11.6 Å². The van der Waals surface area contributed by atoms with Gasteiger partial charge in [0.1, 0.15) is 0 Å². The minimum Gasteiger partial charge on any atom is -0.388 e. The van der Waals surface area contributed by atoms with Gasteiger partial charge in [-0.3, -0.25) is 5.41 Å². The third-order valence-electron chi connectivity index (χ3n) is 2.78. The van der Waals surface area contributed by atoms with Crippen LogP contribution in [0.5, 0.6) is 0 Å². The molecule has 0 aliphatic rings. The number of benzene rings is 1. The van der Waals surface area contributed by atoms with Gasteiger partial charge in [0.15, 0.2) is 0 Å². The number of sulfonamides is 1. The third kappa shape index (κ3) is 5.71. The van der Waals surface area contributed by atoms with Crippen LogP contribution in [0.25, 0.3) is 0 Å². The van der Waals surface area contributed by atoms with Crippen molar-refractivity contribution in [1.82, 2.24) is 4.31 Å². The second kappa shape index (κ2) is 7.40. The molecule has 0 fully saturated rings. The fourth-order valence-electron chi connectivity index (χ4n) is 1.87. The van der Waals surface area contributed by atoms with Crippen molar-refractivity contribution >= 4 is 15.9 Å². The monoisotopic (exact) mass is 297 g/mol. The van der Waals surface area contributed by atoms with Crippen LogP contribution in [0.1, 0.15) is 25.8 Å². The molecule has 6 heteroatoms. The number of rotatable bonds is 8. The van der Waals surface area contributed by atoms with E-state index in [1.807, 2.05) is 32.0 Å². The van der Waals surface area contributed by atoms with Crippen LogP contribution in [0, 0.1) is 11.3 Å². The van der Waals surface area contributed by atoms with E-state index in [9.17, 15) is 8.42 Å². The molecular weight excluding hydrogens is 274 g/mol. The van der Waals surface area contributed by atoms with Crippen LogP contribution in [0.2, 0.25) is 0 Å². The molecule has 0 amide bonds. The second-order valence-electron chi connectivity index (χ2n) is 5.27. The lowest BCUT2D eigenvalue weighted by Gasteiger charge is -2.23. The molecule has 0 heterocycles. The molecule has 0 aliphatic carbocycles. The fourth-order valence-corrected chi connectivity index (χ4v) is 3.56. The van der Waals surface area contributed by atoms with Gasteiger partial charge in [-0.1, -0.05) is 44.2 Å². The van der Waals surface area contributed by atoms with E-state index in [1.54, 1.807) is 12.1 Å². The molecule has 1 rings (SSSR count). The first-order chi connectivity index (χ1) is 9.31. The summed E-state index contributed by atoms with van der Waals surface area (Å²) in [6.07, 6.45) is 0.265. The summed E-state index contributed by atoms with van der Waals surface area (Å²) in [5, 5.41) is 7.25. The molecule has 1 aromatic rings. The summed E-state index contributed by atoms with van der Waals surface area (Å²) in [5.41, 5.74) is 6.10. The molecule has 0 aromatic heterocycles. The van der Waals surface area contributed by atoms with Crippen LogP contribution in [0.4, 0.5) is 0 Å². The zero-order valence-corrected chi connectivity index (χ0v) is 12.9. The van der Waals surface area contributed by atoms with Gasteiger partial charge in [-0.2, -0.15) is 0 Å². The van der Waals surface area contributed by atoms with Gasteiger partial charge in [0.25, 0.3) is 0 Å². The molecule has 0 atom stereocenters. The van der Waals surface area contributed by atoms with Crippen molar-refractivity contribution in [2.24, 2.45) is 11.7 Å². The molecule has 0 saturated carbocycles. The molecule has 0 aliphatic heterocycles. The average Bonchev–Trinajstić information content (AvgIpc) is 2.34. The fraction of sp³-hybridized carbons (Fsp3) is 0.500. The zero-order chi connectivity index (χ0) is 15.2. The standard InChI is InChI=1S/C14H23N3O2S/c1-12(2)10-17(9-8-14(15)16)20(18,19)11-13-6-4-3-5-7-13/h3-7,12H,8-11H2,1-2H3,(H3,15,16). The highest BCUT2D eigenvalue weighted by molar-refractivity contribution is 7.88. The van der Waals surface area contributed by atoms with Crippen LogP contribution in [0.15, 0.2) is 30.3 Å². The first-order valence-electron chi connectivity index (χ1n) is 6.66. The smallest absolute Gasteiger partial charge is 0.218 e. The Kier molecular flexibility index (Phi) is 6.16. The summed E-state index contributed by atoms with van der Waals surface area (Å²) >= 11 is 0. The first-order valence-corrected chi connectivity index (χ1v) is 8.27. The molecule has 0 saturated heterocycles. The van der Waals surface area contributed by atoms with Gasteiger partial charge in [-0.25, -0.2) is 12.7 Å². The van der Waals surface area contributed by atoms with Gasteiger partial charge >= 0.3 is 0 Å². The van der Waals surface area contributed by atoms with Crippen LogP contribution < -0.4 is 5.73 Å². The highest BCUT2D eigenvalue weighted by atomic mass is 32.2. The molecule has 0 radical (unpaired) electrons. The Morgan fingerprint density at radius 2 is 1.90 bits per heavy atom. The molecule has 20 heavy (non-hydrogen) atoms. The van der Waals surface area contributed by atoms with E-state index >= 15 is 0 Å².